The van der Waals surface area contributed by atoms with Gasteiger partial charge in [-0.3, -0.25) is 0 Å². The number of hydrogen-bond donors (Lipinski definition) is 1. The summed E-state index contributed by atoms with van der Waals surface area (Å²) in [5, 5.41) is 3.32. The minimum atomic E-state index is -3.52. The largest absolute Gasteiger partial charge is 0.369 e. The number of hydrogen-bond acceptors (Lipinski definition) is 4. The lowest BCUT2D eigenvalue weighted by Crippen LogP contribution is -2.31. The maximum atomic E-state index is 12.5. The number of pyridine rings is 1. The van der Waals surface area contributed by atoms with E-state index >= 15 is 0 Å². The molecular weight excluding hydrogens is 310 g/mol. The smallest absolute Gasteiger partial charge is 0.244 e. The molecular formula is C14H22ClN3O2S. The molecule has 0 aromatic carbocycles. The molecule has 1 aliphatic carbocycles. The van der Waals surface area contributed by atoms with Crippen molar-refractivity contribution >= 4 is 27.4 Å². The van der Waals surface area contributed by atoms with Gasteiger partial charge in [-0.25, -0.2) is 17.7 Å². The highest BCUT2D eigenvalue weighted by Crippen LogP contribution is 2.28. The van der Waals surface area contributed by atoms with E-state index in [1.165, 1.54) is 29.4 Å². The number of halogens is 1. The average Bonchev–Trinajstić information content (AvgIpc) is 2.94. The van der Waals surface area contributed by atoms with E-state index in [0.717, 1.165) is 12.8 Å². The Morgan fingerprint density at radius 1 is 1.43 bits per heavy atom. The van der Waals surface area contributed by atoms with Crippen LogP contribution in [0.3, 0.4) is 0 Å². The number of aromatic nitrogens is 1. The van der Waals surface area contributed by atoms with Gasteiger partial charge >= 0.3 is 0 Å². The van der Waals surface area contributed by atoms with Crippen molar-refractivity contribution in [1.29, 1.82) is 0 Å². The van der Waals surface area contributed by atoms with Crippen molar-refractivity contribution < 1.29 is 8.42 Å². The molecule has 1 aliphatic rings. The van der Waals surface area contributed by atoms with E-state index in [4.69, 9.17) is 11.6 Å². The molecule has 0 unspecified atom stereocenters. The molecule has 0 atom stereocenters. The third-order valence-corrected chi connectivity index (χ3v) is 5.94. The maximum absolute atomic E-state index is 12.5. The van der Waals surface area contributed by atoms with Gasteiger partial charge in [-0.05, 0) is 31.7 Å². The SMILES string of the molecule is CCNc1ncc(S(=O)(=O)N(C)CC2CCCC2)cc1Cl. The Hall–Kier alpha value is -0.850. The topological polar surface area (TPSA) is 62.3 Å². The van der Waals surface area contributed by atoms with Crippen LogP contribution >= 0.6 is 11.6 Å². The Bertz CT molecular complexity index is 586. The summed E-state index contributed by atoms with van der Waals surface area (Å²) in [7, 11) is -1.90. The van der Waals surface area contributed by atoms with Crippen LogP contribution in [-0.2, 0) is 10.0 Å². The first-order valence-electron chi connectivity index (χ1n) is 7.31. The predicted molar refractivity (Wildman–Crippen MR) is 85.2 cm³/mol. The van der Waals surface area contributed by atoms with Gasteiger partial charge in [0.15, 0.2) is 0 Å². The van der Waals surface area contributed by atoms with Gasteiger partial charge in [-0.15, -0.1) is 0 Å². The molecule has 0 bridgehead atoms. The normalized spacial score (nSPS) is 16.6. The van der Waals surface area contributed by atoms with Gasteiger partial charge < -0.3 is 5.32 Å². The summed E-state index contributed by atoms with van der Waals surface area (Å²) >= 11 is 6.08. The summed E-state index contributed by atoms with van der Waals surface area (Å²) in [5.41, 5.74) is 0. The van der Waals surface area contributed by atoms with E-state index in [2.05, 4.69) is 10.3 Å². The van der Waals surface area contributed by atoms with Crippen LogP contribution in [0.5, 0.6) is 0 Å². The first-order chi connectivity index (χ1) is 9.95. The van der Waals surface area contributed by atoms with Crippen LogP contribution in [0.1, 0.15) is 32.6 Å². The molecule has 0 saturated heterocycles. The number of rotatable bonds is 6. The molecule has 1 heterocycles. The Kier molecular flexibility index (Phi) is 5.46. The van der Waals surface area contributed by atoms with Gasteiger partial charge in [0, 0.05) is 26.3 Å². The van der Waals surface area contributed by atoms with Crippen molar-refractivity contribution in [2.45, 2.75) is 37.5 Å². The van der Waals surface area contributed by atoms with E-state index in [1.54, 1.807) is 7.05 Å². The van der Waals surface area contributed by atoms with Crippen molar-refractivity contribution in [2.75, 3.05) is 25.5 Å². The highest BCUT2D eigenvalue weighted by Gasteiger charge is 2.26. The van der Waals surface area contributed by atoms with Gasteiger partial charge in [0.25, 0.3) is 0 Å². The molecule has 0 amide bonds. The number of anilines is 1. The highest BCUT2D eigenvalue weighted by atomic mass is 35.5. The second kappa shape index (κ2) is 6.94. The molecule has 5 nitrogen and oxygen atoms in total. The third kappa shape index (κ3) is 3.87. The van der Waals surface area contributed by atoms with Crippen LogP contribution in [0.25, 0.3) is 0 Å². The Morgan fingerprint density at radius 2 is 2.10 bits per heavy atom. The monoisotopic (exact) mass is 331 g/mol. The number of nitrogens with zero attached hydrogens (tertiary/aromatic N) is 2. The van der Waals surface area contributed by atoms with E-state index in [9.17, 15) is 8.42 Å². The lowest BCUT2D eigenvalue weighted by Gasteiger charge is -2.21. The lowest BCUT2D eigenvalue weighted by molar-refractivity contribution is 0.387. The molecule has 1 aromatic heterocycles. The third-order valence-electron chi connectivity index (χ3n) is 3.86. The van der Waals surface area contributed by atoms with Crippen LogP contribution in [0, 0.1) is 5.92 Å². The molecule has 0 radical (unpaired) electrons. The molecule has 2 rings (SSSR count). The van der Waals surface area contributed by atoms with Crippen molar-refractivity contribution in [3.63, 3.8) is 0 Å². The first kappa shape index (κ1) is 16.5. The van der Waals surface area contributed by atoms with Crippen molar-refractivity contribution in [3.8, 4) is 0 Å². The van der Waals surface area contributed by atoms with Gasteiger partial charge in [0.2, 0.25) is 10.0 Å². The summed E-state index contributed by atoms with van der Waals surface area (Å²) in [6.07, 6.45) is 5.98. The second-order valence-electron chi connectivity index (χ2n) is 5.47. The van der Waals surface area contributed by atoms with Crippen LogP contribution in [-0.4, -0.2) is 37.8 Å². The van der Waals surface area contributed by atoms with E-state index in [-0.39, 0.29) is 4.90 Å². The molecule has 118 valence electrons. The summed E-state index contributed by atoms with van der Waals surface area (Å²) < 4.78 is 26.5. The van der Waals surface area contributed by atoms with Crippen molar-refractivity contribution in [1.82, 2.24) is 9.29 Å². The molecule has 0 aliphatic heterocycles. The standard InChI is InChI=1S/C14H22ClN3O2S/c1-3-16-14-13(15)8-12(9-17-14)21(19,20)18(2)10-11-6-4-5-7-11/h8-9,11H,3-7,10H2,1-2H3,(H,16,17). The molecule has 1 aromatic rings. The van der Waals surface area contributed by atoms with Crippen molar-refractivity contribution in [3.05, 3.63) is 17.3 Å². The molecule has 0 spiro atoms. The zero-order valence-electron chi connectivity index (χ0n) is 12.5. The molecule has 21 heavy (non-hydrogen) atoms. The van der Waals surface area contributed by atoms with Crippen LogP contribution < -0.4 is 5.32 Å². The molecule has 1 saturated carbocycles. The average molecular weight is 332 g/mol. The zero-order chi connectivity index (χ0) is 15.5. The quantitative estimate of drug-likeness (QED) is 0.870. The maximum Gasteiger partial charge on any atom is 0.244 e. The molecule has 7 heteroatoms. The Labute approximate surface area is 131 Å². The van der Waals surface area contributed by atoms with E-state index in [0.29, 0.717) is 29.8 Å². The predicted octanol–water partition coefficient (Wildman–Crippen LogP) is 2.98. The highest BCUT2D eigenvalue weighted by molar-refractivity contribution is 7.89. The fourth-order valence-corrected chi connectivity index (χ4v) is 4.21. The van der Waals surface area contributed by atoms with Gasteiger partial charge in [-0.2, -0.15) is 0 Å². The molecule has 1 N–H and O–H groups in total. The van der Waals surface area contributed by atoms with Crippen molar-refractivity contribution in [2.24, 2.45) is 5.92 Å². The minimum Gasteiger partial charge on any atom is -0.369 e. The zero-order valence-corrected chi connectivity index (χ0v) is 14.0. The Morgan fingerprint density at radius 3 is 2.67 bits per heavy atom. The minimum absolute atomic E-state index is 0.148. The van der Waals surface area contributed by atoms with Crippen LogP contribution in [0.2, 0.25) is 5.02 Å². The van der Waals surface area contributed by atoms with E-state index in [1.807, 2.05) is 6.92 Å². The lowest BCUT2D eigenvalue weighted by atomic mass is 10.1. The summed E-state index contributed by atoms with van der Waals surface area (Å²) in [5.74, 6) is 0.978. The fraction of sp³-hybridized carbons (Fsp3) is 0.643. The van der Waals surface area contributed by atoms with Gasteiger partial charge in [0.05, 0.1) is 5.02 Å². The van der Waals surface area contributed by atoms with Gasteiger partial charge in [-0.1, -0.05) is 24.4 Å². The van der Waals surface area contributed by atoms with Crippen LogP contribution in [0.4, 0.5) is 5.82 Å². The van der Waals surface area contributed by atoms with Crippen LogP contribution in [0.15, 0.2) is 17.2 Å². The summed E-state index contributed by atoms with van der Waals surface area (Å²) in [4.78, 5) is 4.25. The number of sulfonamides is 1. The Balaban J connectivity index is 2.16. The second-order valence-corrected chi connectivity index (χ2v) is 7.92. The number of nitrogens with one attached hydrogen (secondary N) is 1. The first-order valence-corrected chi connectivity index (χ1v) is 9.12. The van der Waals surface area contributed by atoms with E-state index < -0.39 is 10.0 Å². The molecule has 1 fully saturated rings. The summed E-state index contributed by atoms with van der Waals surface area (Å²) in [6, 6.07) is 1.47. The summed E-state index contributed by atoms with van der Waals surface area (Å²) in [6.45, 7) is 3.17. The van der Waals surface area contributed by atoms with Gasteiger partial charge in [0.1, 0.15) is 10.7 Å². The fourth-order valence-electron chi connectivity index (χ4n) is 2.69.